The number of carbonyl (C=O) groups excluding carboxylic acids is 1. The zero-order valence-electron chi connectivity index (χ0n) is 8.40. The van der Waals surface area contributed by atoms with Gasteiger partial charge in [0, 0.05) is 6.54 Å². The van der Waals surface area contributed by atoms with Crippen molar-refractivity contribution in [1.29, 1.82) is 0 Å². The van der Waals surface area contributed by atoms with E-state index in [4.69, 9.17) is 10.2 Å². The van der Waals surface area contributed by atoms with E-state index in [1.807, 2.05) is 0 Å². The zero-order valence-corrected chi connectivity index (χ0v) is 8.40. The number of rotatable bonds is 4. The summed E-state index contributed by atoms with van der Waals surface area (Å²) in [6, 6.07) is -1.19. The molecule has 1 unspecified atom stereocenters. The molecule has 1 fully saturated rings. The quantitative estimate of drug-likeness (QED) is 0.461. The number of aliphatic hydroxyl groups excluding tert-OH is 1. The molecule has 0 bridgehead atoms. The third kappa shape index (κ3) is 3.49. The molecular weight excluding hydrogens is 200 g/mol. The molecule has 1 rings (SSSR count). The van der Waals surface area contributed by atoms with Crippen molar-refractivity contribution < 1.29 is 19.8 Å². The molecule has 15 heavy (non-hydrogen) atoms. The van der Waals surface area contributed by atoms with Gasteiger partial charge in [-0.3, -0.25) is 4.79 Å². The summed E-state index contributed by atoms with van der Waals surface area (Å²) in [7, 11) is 0. The molecule has 4 N–H and O–H groups in total. The lowest BCUT2D eigenvalue weighted by molar-refractivity contribution is -0.143. The first-order valence-electron chi connectivity index (χ1n) is 5.00. The van der Waals surface area contributed by atoms with Crippen LogP contribution in [0.1, 0.15) is 12.8 Å². The van der Waals surface area contributed by atoms with Crippen molar-refractivity contribution in [2.45, 2.75) is 18.9 Å². The molecule has 0 aromatic carbocycles. The Labute approximate surface area is 87.7 Å². The molecule has 1 saturated heterocycles. The minimum Gasteiger partial charge on any atom is -0.480 e. The van der Waals surface area contributed by atoms with Crippen LogP contribution in [0.2, 0.25) is 0 Å². The highest BCUT2D eigenvalue weighted by molar-refractivity contribution is 5.85. The number of aliphatic hydroxyl groups is 1. The van der Waals surface area contributed by atoms with E-state index >= 15 is 0 Å². The van der Waals surface area contributed by atoms with Gasteiger partial charge in [0.1, 0.15) is 6.04 Å². The van der Waals surface area contributed by atoms with Crippen molar-refractivity contribution in [2.75, 3.05) is 19.7 Å². The fourth-order valence-corrected chi connectivity index (χ4v) is 1.55. The molecule has 0 saturated carbocycles. The molecule has 1 aliphatic heterocycles. The van der Waals surface area contributed by atoms with Crippen LogP contribution in [-0.4, -0.2) is 47.8 Å². The van der Waals surface area contributed by atoms with E-state index in [9.17, 15) is 9.59 Å². The number of hydrogen-bond donors (Lipinski definition) is 4. The topological polar surface area (TPSA) is 98.7 Å². The summed E-state index contributed by atoms with van der Waals surface area (Å²) >= 11 is 0. The van der Waals surface area contributed by atoms with Gasteiger partial charge < -0.3 is 20.8 Å². The number of carbonyl (C=O) groups is 2. The lowest BCUT2D eigenvalue weighted by Gasteiger charge is -2.23. The number of aliphatic carboxylic acids is 1. The number of hydrogen-bond acceptors (Lipinski definition) is 4. The second kappa shape index (κ2) is 5.67. The number of carboxylic acids is 1. The maximum atomic E-state index is 11.5. The monoisotopic (exact) mass is 216 g/mol. The Kier molecular flexibility index (Phi) is 4.51. The highest BCUT2D eigenvalue weighted by Gasteiger charge is 2.25. The number of amides is 1. The molecule has 1 heterocycles. The smallest absolute Gasteiger partial charge is 0.328 e. The van der Waals surface area contributed by atoms with Crippen LogP contribution in [0.4, 0.5) is 0 Å². The third-order valence-corrected chi connectivity index (χ3v) is 2.46. The second-order valence-electron chi connectivity index (χ2n) is 3.63. The molecule has 0 radical (unpaired) electrons. The van der Waals surface area contributed by atoms with Gasteiger partial charge in [0.2, 0.25) is 5.91 Å². The average Bonchev–Trinajstić information content (AvgIpc) is 2.26. The van der Waals surface area contributed by atoms with Crippen LogP contribution in [-0.2, 0) is 9.59 Å². The maximum Gasteiger partial charge on any atom is 0.328 e. The van der Waals surface area contributed by atoms with Gasteiger partial charge in [-0.25, -0.2) is 4.79 Å². The van der Waals surface area contributed by atoms with E-state index in [0.29, 0.717) is 6.54 Å². The van der Waals surface area contributed by atoms with Crippen molar-refractivity contribution in [3.05, 3.63) is 0 Å². The van der Waals surface area contributed by atoms with Crippen molar-refractivity contribution >= 4 is 11.9 Å². The summed E-state index contributed by atoms with van der Waals surface area (Å²) in [5, 5.41) is 22.7. The van der Waals surface area contributed by atoms with Crippen LogP contribution in [0.5, 0.6) is 0 Å². The highest BCUT2D eigenvalue weighted by atomic mass is 16.4. The first-order valence-corrected chi connectivity index (χ1v) is 5.00. The standard InChI is InChI=1S/C9H16N2O4/c12-5-7(9(14)15)11-8(13)6-2-1-3-10-4-6/h6-7,10,12H,1-5H2,(H,11,13)(H,14,15)/t6?,7-/m1/s1. The minimum absolute atomic E-state index is 0.188. The fraction of sp³-hybridized carbons (Fsp3) is 0.778. The number of piperidine rings is 1. The first-order chi connectivity index (χ1) is 7.15. The minimum atomic E-state index is -1.21. The number of carboxylic acid groups (broad SMARTS) is 1. The SMILES string of the molecule is O=C(N[C@H](CO)C(=O)O)C1CCCNC1. The maximum absolute atomic E-state index is 11.5. The summed E-state index contributed by atoms with van der Waals surface area (Å²) in [5.74, 6) is -1.70. The Morgan fingerprint density at radius 1 is 1.53 bits per heavy atom. The number of nitrogens with one attached hydrogen (secondary N) is 2. The van der Waals surface area contributed by atoms with Crippen LogP contribution in [0, 0.1) is 5.92 Å². The van der Waals surface area contributed by atoms with Gasteiger partial charge in [-0.1, -0.05) is 0 Å². The average molecular weight is 216 g/mol. The third-order valence-electron chi connectivity index (χ3n) is 2.46. The molecule has 6 heteroatoms. The van der Waals surface area contributed by atoms with Crippen LogP contribution in [0.15, 0.2) is 0 Å². The molecular formula is C9H16N2O4. The predicted molar refractivity (Wildman–Crippen MR) is 52.2 cm³/mol. The van der Waals surface area contributed by atoms with Crippen LogP contribution in [0.3, 0.4) is 0 Å². The van der Waals surface area contributed by atoms with Gasteiger partial charge >= 0.3 is 5.97 Å². The van der Waals surface area contributed by atoms with Crippen molar-refractivity contribution in [1.82, 2.24) is 10.6 Å². The summed E-state index contributed by atoms with van der Waals surface area (Å²) in [6.07, 6.45) is 1.67. The molecule has 2 atom stereocenters. The van der Waals surface area contributed by atoms with E-state index in [2.05, 4.69) is 10.6 Å². The highest BCUT2D eigenvalue weighted by Crippen LogP contribution is 2.09. The van der Waals surface area contributed by atoms with Crippen molar-refractivity contribution in [3.63, 3.8) is 0 Å². The summed E-state index contributed by atoms with van der Waals surface area (Å²) in [5.41, 5.74) is 0. The van der Waals surface area contributed by atoms with Gasteiger partial charge in [0.15, 0.2) is 0 Å². The van der Waals surface area contributed by atoms with Crippen molar-refractivity contribution in [2.24, 2.45) is 5.92 Å². The fourth-order valence-electron chi connectivity index (χ4n) is 1.55. The van der Waals surface area contributed by atoms with Gasteiger partial charge in [-0.15, -0.1) is 0 Å². The largest absolute Gasteiger partial charge is 0.480 e. The Morgan fingerprint density at radius 2 is 2.27 bits per heavy atom. The van der Waals surface area contributed by atoms with Gasteiger partial charge in [0.05, 0.1) is 12.5 Å². The Balaban J connectivity index is 2.42. The Bertz CT molecular complexity index is 238. The van der Waals surface area contributed by atoms with Gasteiger partial charge in [-0.05, 0) is 19.4 Å². The van der Waals surface area contributed by atoms with Gasteiger partial charge in [0.25, 0.3) is 0 Å². The lowest BCUT2D eigenvalue weighted by Crippen LogP contribution is -2.48. The van der Waals surface area contributed by atoms with E-state index in [1.165, 1.54) is 0 Å². The predicted octanol–water partition coefficient (Wildman–Crippen LogP) is -1.45. The zero-order chi connectivity index (χ0) is 11.3. The normalized spacial score (nSPS) is 23.1. The lowest BCUT2D eigenvalue weighted by atomic mass is 9.98. The molecule has 0 aromatic heterocycles. The van der Waals surface area contributed by atoms with E-state index in [0.717, 1.165) is 19.4 Å². The second-order valence-corrected chi connectivity index (χ2v) is 3.63. The molecule has 1 amide bonds. The van der Waals surface area contributed by atoms with Gasteiger partial charge in [-0.2, -0.15) is 0 Å². The van der Waals surface area contributed by atoms with E-state index in [-0.39, 0.29) is 11.8 Å². The summed E-state index contributed by atoms with van der Waals surface area (Å²) in [6.45, 7) is 0.886. The summed E-state index contributed by atoms with van der Waals surface area (Å²) < 4.78 is 0. The van der Waals surface area contributed by atoms with Crippen LogP contribution in [0.25, 0.3) is 0 Å². The van der Waals surface area contributed by atoms with Crippen molar-refractivity contribution in [3.8, 4) is 0 Å². The first kappa shape index (κ1) is 11.9. The summed E-state index contributed by atoms with van der Waals surface area (Å²) in [4.78, 5) is 22.1. The molecule has 6 nitrogen and oxygen atoms in total. The van der Waals surface area contributed by atoms with E-state index < -0.39 is 18.6 Å². The van der Waals surface area contributed by atoms with Crippen LogP contribution < -0.4 is 10.6 Å². The Hall–Kier alpha value is -1.14. The Morgan fingerprint density at radius 3 is 2.73 bits per heavy atom. The molecule has 1 aliphatic rings. The van der Waals surface area contributed by atoms with E-state index in [1.54, 1.807) is 0 Å². The van der Waals surface area contributed by atoms with Crippen LogP contribution >= 0.6 is 0 Å². The molecule has 0 spiro atoms. The molecule has 86 valence electrons. The molecule has 0 aliphatic carbocycles. The molecule has 0 aromatic rings.